The minimum atomic E-state index is -0.132. The quantitative estimate of drug-likeness (QED) is 0.643. The second-order valence-electron chi connectivity index (χ2n) is 5.19. The highest BCUT2D eigenvalue weighted by Crippen LogP contribution is 2.12. The third-order valence-corrected chi connectivity index (χ3v) is 4.38. The molecular weight excluding hydrogens is 326 g/mol. The van der Waals surface area contributed by atoms with E-state index in [0.717, 1.165) is 5.76 Å². The maximum Gasteiger partial charge on any atom is 0.258 e. The number of aromatic nitrogens is 2. The summed E-state index contributed by atoms with van der Waals surface area (Å²) in [6, 6.07) is 10.8. The number of carbonyl (C=O) groups excluding carboxylic acids is 1. The number of thioether (sulfide) groups is 1. The monoisotopic (exact) mass is 343 g/mol. The van der Waals surface area contributed by atoms with Gasteiger partial charge in [0.15, 0.2) is 0 Å². The van der Waals surface area contributed by atoms with Crippen molar-refractivity contribution in [3.8, 4) is 0 Å². The van der Waals surface area contributed by atoms with Crippen LogP contribution in [0.3, 0.4) is 0 Å². The number of hydrogen-bond acceptors (Lipinski definition) is 5. The van der Waals surface area contributed by atoms with Gasteiger partial charge in [0.2, 0.25) is 5.91 Å². The number of aromatic amines is 1. The summed E-state index contributed by atoms with van der Waals surface area (Å²) in [6.45, 7) is 0.399. The van der Waals surface area contributed by atoms with Gasteiger partial charge in [-0.1, -0.05) is 12.1 Å². The highest BCUT2D eigenvalue weighted by atomic mass is 32.2. The van der Waals surface area contributed by atoms with Gasteiger partial charge in [-0.15, -0.1) is 0 Å². The summed E-state index contributed by atoms with van der Waals surface area (Å²) in [4.78, 5) is 30.9. The second-order valence-corrected chi connectivity index (χ2v) is 6.29. The number of fused-ring (bicyclic) bond motifs is 1. The molecule has 7 heteroatoms. The molecule has 0 unspecified atom stereocenters. The fourth-order valence-electron chi connectivity index (χ4n) is 2.22. The Morgan fingerprint density at radius 1 is 1.25 bits per heavy atom. The van der Waals surface area contributed by atoms with Crippen LogP contribution in [0.15, 0.2) is 51.9 Å². The molecule has 0 saturated carbocycles. The van der Waals surface area contributed by atoms with E-state index in [9.17, 15) is 9.59 Å². The molecule has 2 N–H and O–H groups in total. The van der Waals surface area contributed by atoms with Gasteiger partial charge in [0.25, 0.3) is 5.56 Å². The molecular formula is C17H17N3O3S. The number of amides is 1. The Hall–Kier alpha value is -2.54. The highest BCUT2D eigenvalue weighted by molar-refractivity contribution is 7.98. The summed E-state index contributed by atoms with van der Waals surface area (Å²) >= 11 is 1.56. The van der Waals surface area contributed by atoms with Crippen LogP contribution in [0.2, 0.25) is 0 Å². The molecule has 0 spiro atoms. The van der Waals surface area contributed by atoms with Gasteiger partial charge in [-0.2, -0.15) is 11.8 Å². The molecule has 2 heterocycles. The summed E-state index contributed by atoms with van der Waals surface area (Å²) in [7, 11) is 0. The van der Waals surface area contributed by atoms with Gasteiger partial charge in [0.1, 0.15) is 11.6 Å². The summed E-state index contributed by atoms with van der Waals surface area (Å²) in [6.07, 6.45) is 1.98. The zero-order chi connectivity index (χ0) is 16.8. The average molecular weight is 343 g/mol. The summed E-state index contributed by atoms with van der Waals surface area (Å²) in [5.74, 6) is 2.54. The SMILES string of the molecule is O=C(CCSCc1nc2ccccc2c(=O)[nH]1)NCc1ccco1. The summed E-state index contributed by atoms with van der Waals surface area (Å²) in [5, 5.41) is 3.38. The number of para-hydroxylation sites is 1. The van der Waals surface area contributed by atoms with Gasteiger partial charge in [-0.25, -0.2) is 4.98 Å². The lowest BCUT2D eigenvalue weighted by Crippen LogP contribution is -2.22. The molecule has 0 aliphatic rings. The number of carbonyl (C=O) groups is 1. The van der Waals surface area contributed by atoms with E-state index in [4.69, 9.17) is 4.42 Å². The van der Waals surface area contributed by atoms with Crippen molar-refractivity contribution in [1.29, 1.82) is 0 Å². The first kappa shape index (κ1) is 16.3. The molecule has 6 nitrogen and oxygen atoms in total. The van der Waals surface area contributed by atoms with E-state index >= 15 is 0 Å². The van der Waals surface area contributed by atoms with E-state index in [-0.39, 0.29) is 11.5 Å². The average Bonchev–Trinajstić information content (AvgIpc) is 3.10. The molecule has 124 valence electrons. The molecule has 3 aromatic rings. The Balaban J connectivity index is 1.45. The van der Waals surface area contributed by atoms with Gasteiger partial charge in [-0.05, 0) is 24.3 Å². The van der Waals surface area contributed by atoms with Crippen LogP contribution in [0.1, 0.15) is 18.0 Å². The molecule has 0 aliphatic carbocycles. The van der Waals surface area contributed by atoms with Crippen LogP contribution in [0.4, 0.5) is 0 Å². The van der Waals surface area contributed by atoms with E-state index in [0.29, 0.717) is 41.2 Å². The Bertz CT molecular complexity index is 874. The zero-order valence-corrected chi connectivity index (χ0v) is 13.8. The number of benzene rings is 1. The number of H-pyrrole nitrogens is 1. The molecule has 0 radical (unpaired) electrons. The van der Waals surface area contributed by atoms with Crippen molar-refractivity contribution < 1.29 is 9.21 Å². The predicted molar refractivity (Wildman–Crippen MR) is 93.7 cm³/mol. The first-order chi connectivity index (χ1) is 11.7. The van der Waals surface area contributed by atoms with E-state index in [1.807, 2.05) is 24.3 Å². The maximum absolute atomic E-state index is 12.0. The van der Waals surface area contributed by atoms with E-state index in [1.165, 1.54) is 0 Å². The van der Waals surface area contributed by atoms with E-state index in [2.05, 4.69) is 15.3 Å². The molecule has 2 aromatic heterocycles. The van der Waals surface area contributed by atoms with Gasteiger partial charge < -0.3 is 14.7 Å². The van der Waals surface area contributed by atoms with Crippen molar-refractivity contribution >= 4 is 28.6 Å². The molecule has 24 heavy (non-hydrogen) atoms. The van der Waals surface area contributed by atoms with Crippen LogP contribution < -0.4 is 10.9 Å². The van der Waals surface area contributed by atoms with Crippen LogP contribution in [0.5, 0.6) is 0 Å². The lowest BCUT2D eigenvalue weighted by molar-refractivity contribution is -0.120. The minimum absolute atomic E-state index is 0.0288. The molecule has 0 atom stereocenters. The Morgan fingerprint density at radius 2 is 2.12 bits per heavy atom. The van der Waals surface area contributed by atoms with Crippen molar-refractivity contribution in [2.75, 3.05) is 5.75 Å². The number of furan rings is 1. The van der Waals surface area contributed by atoms with Gasteiger partial charge in [-0.3, -0.25) is 9.59 Å². The third kappa shape index (κ3) is 4.26. The minimum Gasteiger partial charge on any atom is -0.467 e. The second kappa shape index (κ2) is 7.83. The van der Waals surface area contributed by atoms with Crippen LogP contribution in [-0.2, 0) is 17.1 Å². The maximum atomic E-state index is 12.0. The third-order valence-electron chi connectivity index (χ3n) is 3.41. The lowest BCUT2D eigenvalue weighted by Gasteiger charge is -2.04. The van der Waals surface area contributed by atoms with Crippen molar-refractivity contribution in [2.45, 2.75) is 18.7 Å². The standard InChI is InChI=1S/C17H17N3O3S/c21-16(18-10-12-4-3-8-23-12)7-9-24-11-15-19-14-6-2-1-5-13(14)17(22)20-15/h1-6,8H,7,9-11H2,(H,18,21)(H,19,20,22). The van der Waals surface area contributed by atoms with Gasteiger partial charge in [0.05, 0.1) is 29.5 Å². The normalized spacial score (nSPS) is 10.8. The first-order valence-corrected chi connectivity index (χ1v) is 8.72. The van der Waals surface area contributed by atoms with E-state index in [1.54, 1.807) is 30.2 Å². The van der Waals surface area contributed by atoms with Crippen molar-refractivity contribution in [3.63, 3.8) is 0 Å². The first-order valence-electron chi connectivity index (χ1n) is 7.57. The topological polar surface area (TPSA) is 88.0 Å². The number of nitrogens with one attached hydrogen (secondary N) is 2. The Kier molecular flexibility index (Phi) is 5.32. The molecule has 1 amide bonds. The van der Waals surface area contributed by atoms with Gasteiger partial charge >= 0.3 is 0 Å². The highest BCUT2D eigenvalue weighted by Gasteiger charge is 2.05. The Morgan fingerprint density at radius 3 is 2.96 bits per heavy atom. The molecule has 1 aromatic carbocycles. The van der Waals surface area contributed by atoms with E-state index < -0.39 is 0 Å². The van der Waals surface area contributed by atoms with Crippen LogP contribution in [-0.4, -0.2) is 21.6 Å². The molecule has 0 aliphatic heterocycles. The number of nitrogens with zero attached hydrogens (tertiary/aromatic N) is 1. The largest absolute Gasteiger partial charge is 0.467 e. The van der Waals surface area contributed by atoms with Crippen molar-refractivity contribution in [1.82, 2.24) is 15.3 Å². The fraction of sp³-hybridized carbons (Fsp3) is 0.235. The van der Waals surface area contributed by atoms with Crippen LogP contribution in [0, 0.1) is 0 Å². The lowest BCUT2D eigenvalue weighted by atomic mass is 10.2. The smallest absolute Gasteiger partial charge is 0.258 e. The van der Waals surface area contributed by atoms with Crippen LogP contribution >= 0.6 is 11.8 Å². The molecule has 0 fully saturated rings. The number of hydrogen-bond donors (Lipinski definition) is 2. The molecule has 3 rings (SSSR count). The summed E-state index contributed by atoms with van der Waals surface area (Å²) in [5.41, 5.74) is 0.556. The number of rotatable bonds is 7. The van der Waals surface area contributed by atoms with Crippen molar-refractivity contribution in [3.05, 3.63) is 64.6 Å². The fourth-order valence-corrected chi connectivity index (χ4v) is 3.03. The Labute approximate surface area is 142 Å². The molecule has 0 bridgehead atoms. The predicted octanol–water partition coefficient (Wildman–Crippen LogP) is 2.46. The molecule has 0 saturated heterocycles. The van der Waals surface area contributed by atoms with Crippen LogP contribution in [0.25, 0.3) is 10.9 Å². The zero-order valence-electron chi connectivity index (χ0n) is 13.0. The van der Waals surface area contributed by atoms with Gasteiger partial charge in [0, 0.05) is 12.2 Å². The van der Waals surface area contributed by atoms with Crippen molar-refractivity contribution in [2.24, 2.45) is 0 Å². The summed E-state index contributed by atoms with van der Waals surface area (Å²) < 4.78 is 5.15.